The lowest BCUT2D eigenvalue weighted by Gasteiger charge is -2.20. The summed E-state index contributed by atoms with van der Waals surface area (Å²) in [6, 6.07) is 17.1. The van der Waals surface area contributed by atoms with Crippen molar-refractivity contribution in [2.75, 3.05) is 35.2 Å². The van der Waals surface area contributed by atoms with E-state index in [1.165, 1.54) is 0 Å². The largest absolute Gasteiger partial charge is 0.508 e. The molecule has 2 heterocycles. The molecule has 2 aromatic heterocycles. The lowest BCUT2D eigenvalue weighted by atomic mass is 10.1. The Bertz CT molecular complexity index is 1180. The Labute approximate surface area is 187 Å². The molecule has 8 nitrogen and oxygen atoms in total. The van der Waals surface area contributed by atoms with Gasteiger partial charge in [-0.3, -0.25) is 4.98 Å². The lowest BCUT2D eigenvalue weighted by Crippen LogP contribution is -2.25. The number of nitrogens with zero attached hydrogens (tertiary/aromatic N) is 5. The third-order valence-electron chi connectivity index (χ3n) is 5.16. The van der Waals surface area contributed by atoms with Gasteiger partial charge in [0, 0.05) is 36.9 Å². The minimum atomic E-state index is 0.267. The predicted molar refractivity (Wildman–Crippen MR) is 129 cm³/mol. The maximum Gasteiger partial charge on any atom is 0.233 e. The molecule has 0 aliphatic carbocycles. The molecule has 0 unspecified atom stereocenters. The number of aromatic hydroxyl groups is 1. The van der Waals surface area contributed by atoms with Crippen molar-refractivity contribution in [1.29, 1.82) is 0 Å². The average molecular weight is 430 g/mol. The summed E-state index contributed by atoms with van der Waals surface area (Å²) >= 11 is 0. The minimum absolute atomic E-state index is 0.267. The van der Waals surface area contributed by atoms with Crippen LogP contribution in [0.3, 0.4) is 0 Å². The molecule has 0 fully saturated rings. The van der Waals surface area contributed by atoms with Crippen molar-refractivity contribution in [1.82, 2.24) is 19.9 Å². The van der Waals surface area contributed by atoms with Crippen molar-refractivity contribution in [3.63, 3.8) is 0 Å². The number of phenolic OH excluding ortho intramolecular Hbond substituents is 1. The first-order chi connectivity index (χ1) is 15.6. The monoisotopic (exact) mass is 429 g/mol. The van der Waals surface area contributed by atoms with Gasteiger partial charge in [0.05, 0.1) is 5.52 Å². The van der Waals surface area contributed by atoms with Crippen molar-refractivity contribution in [2.24, 2.45) is 0 Å². The third-order valence-corrected chi connectivity index (χ3v) is 5.16. The van der Waals surface area contributed by atoms with Crippen molar-refractivity contribution in [3.05, 3.63) is 66.4 Å². The quantitative estimate of drug-likeness (QED) is 0.361. The van der Waals surface area contributed by atoms with Crippen LogP contribution in [0.25, 0.3) is 10.9 Å². The standard InChI is InChI=1S/C24H27N7O/c1-3-31(4-2)24-29-22(26-15-13-17-7-10-20(32)11-8-17)28-23(30-24)27-19-9-12-21-18(16-19)6-5-14-25-21/h5-12,14,16,32H,3-4,13,15H2,1-2H3,(H2,26,27,28,29,30). The van der Waals surface area contributed by atoms with Gasteiger partial charge in [0.25, 0.3) is 0 Å². The number of aromatic nitrogens is 4. The second-order valence-corrected chi connectivity index (χ2v) is 7.33. The van der Waals surface area contributed by atoms with Gasteiger partial charge in [0.2, 0.25) is 17.8 Å². The first-order valence-corrected chi connectivity index (χ1v) is 10.8. The van der Waals surface area contributed by atoms with Crippen LogP contribution in [-0.2, 0) is 6.42 Å². The van der Waals surface area contributed by atoms with E-state index in [4.69, 9.17) is 0 Å². The highest BCUT2D eigenvalue weighted by molar-refractivity contribution is 5.82. The molecule has 4 rings (SSSR count). The lowest BCUT2D eigenvalue weighted by molar-refractivity contribution is 0.475. The van der Waals surface area contributed by atoms with Crippen LogP contribution in [0.1, 0.15) is 19.4 Å². The summed E-state index contributed by atoms with van der Waals surface area (Å²) in [4.78, 5) is 20.3. The molecule has 8 heteroatoms. The number of pyridine rings is 1. The SMILES string of the molecule is CCN(CC)c1nc(NCCc2ccc(O)cc2)nc(Nc2ccc3ncccc3c2)n1. The summed E-state index contributed by atoms with van der Waals surface area (Å²) in [5.41, 5.74) is 2.95. The topological polar surface area (TPSA) is 99.1 Å². The van der Waals surface area contributed by atoms with Gasteiger partial charge in [-0.15, -0.1) is 0 Å². The van der Waals surface area contributed by atoms with Gasteiger partial charge in [-0.1, -0.05) is 18.2 Å². The number of hydrogen-bond acceptors (Lipinski definition) is 8. The number of anilines is 4. The summed E-state index contributed by atoms with van der Waals surface area (Å²) in [7, 11) is 0. The van der Waals surface area contributed by atoms with Crippen LogP contribution in [0.15, 0.2) is 60.8 Å². The molecule has 4 aromatic rings. The molecule has 164 valence electrons. The summed E-state index contributed by atoms with van der Waals surface area (Å²) in [5.74, 6) is 1.90. The van der Waals surface area contributed by atoms with Crippen molar-refractivity contribution in [3.8, 4) is 5.75 Å². The average Bonchev–Trinajstić information content (AvgIpc) is 2.81. The molecule has 0 radical (unpaired) electrons. The Hall–Kier alpha value is -3.94. The van der Waals surface area contributed by atoms with E-state index in [0.717, 1.165) is 41.7 Å². The van der Waals surface area contributed by atoms with E-state index < -0.39 is 0 Å². The van der Waals surface area contributed by atoms with E-state index in [9.17, 15) is 5.11 Å². The highest BCUT2D eigenvalue weighted by Crippen LogP contribution is 2.21. The van der Waals surface area contributed by atoms with Crippen LogP contribution < -0.4 is 15.5 Å². The Morgan fingerprint density at radius 2 is 1.69 bits per heavy atom. The number of rotatable bonds is 9. The van der Waals surface area contributed by atoms with Gasteiger partial charge in [-0.2, -0.15) is 15.0 Å². The molecule has 0 amide bonds. The number of nitrogens with one attached hydrogen (secondary N) is 2. The highest BCUT2D eigenvalue weighted by Gasteiger charge is 2.12. The molecule has 0 aliphatic heterocycles. The molecule has 0 saturated carbocycles. The van der Waals surface area contributed by atoms with Gasteiger partial charge in [-0.05, 0) is 62.2 Å². The number of phenols is 1. The summed E-state index contributed by atoms with van der Waals surface area (Å²) < 4.78 is 0. The maximum absolute atomic E-state index is 9.44. The van der Waals surface area contributed by atoms with Gasteiger partial charge in [0.1, 0.15) is 5.75 Å². The van der Waals surface area contributed by atoms with Crippen LogP contribution in [-0.4, -0.2) is 44.7 Å². The first-order valence-electron chi connectivity index (χ1n) is 10.8. The molecule has 0 aliphatic rings. The summed E-state index contributed by atoms with van der Waals surface area (Å²) in [5, 5.41) is 17.1. The molecule has 0 bridgehead atoms. The number of fused-ring (bicyclic) bond motifs is 1. The van der Waals surface area contributed by atoms with Crippen molar-refractivity contribution >= 4 is 34.4 Å². The molecule has 0 saturated heterocycles. The molecule has 3 N–H and O–H groups in total. The molecule has 0 atom stereocenters. The third kappa shape index (κ3) is 5.21. The van der Waals surface area contributed by atoms with Crippen molar-refractivity contribution in [2.45, 2.75) is 20.3 Å². The molecular formula is C24H27N7O. The van der Waals surface area contributed by atoms with E-state index >= 15 is 0 Å². The number of hydrogen-bond donors (Lipinski definition) is 3. The van der Waals surface area contributed by atoms with Crippen LogP contribution >= 0.6 is 0 Å². The minimum Gasteiger partial charge on any atom is -0.508 e. The van der Waals surface area contributed by atoms with E-state index in [2.05, 4.69) is 49.3 Å². The zero-order valence-electron chi connectivity index (χ0n) is 18.3. The number of benzene rings is 2. The van der Waals surface area contributed by atoms with Crippen LogP contribution in [0, 0.1) is 0 Å². The zero-order chi connectivity index (χ0) is 22.3. The Balaban J connectivity index is 1.54. The fraction of sp³-hybridized carbons (Fsp3) is 0.250. The van der Waals surface area contributed by atoms with Gasteiger partial charge < -0.3 is 20.6 Å². The van der Waals surface area contributed by atoms with E-state index in [1.54, 1.807) is 18.3 Å². The molecular weight excluding hydrogens is 402 g/mol. The van der Waals surface area contributed by atoms with Gasteiger partial charge >= 0.3 is 0 Å². The summed E-state index contributed by atoms with van der Waals surface area (Å²) in [6.07, 6.45) is 2.57. The van der Waals surface area contributed by atoms with Gasteiger partial charge in [-0.25, -0.2) is 0 Å². The Kier molecular flexibility index (Phi) is 6.60. The molecule has 2 aromatic carbocycles. The van der Waals surface area contributed by atoms with Crippen LogP contribution in [0.2, 0.25) is 0 Å². The predicted octanol–water partition coefficient (Wildman–Crippen LogP) is 4.37. The van der Waals surface area contributed by atoms with E-state index in [-0.39, 0.29) is 5.75 Å². The molecule has 32 heavy (non-hydrogen) atoms. The maximum atomic E-state index is 9.44. The van der Waals surface area contributed by atoms with E-state index in [0.29, 0.717) is 24.4 Å². The highest BCUT2D eigenvalue weighted by atomic mass is 16.3. The fourth-order valence-electron chi connectivity index (χ4n) is 3.41. The van der Waals surface area contributed by atoms with Crippen LogP contribution in [0.5, 0.6) is 5.75 Å². The fourth-order valence-corrected chi connectivity index (χ4v) is 3.41. The second-order valence-electron chi connectivity index (χ2n) is 7.33. The smallest absolute Gasteiger partial charge is 0.233 e. The molecule has 0 spiro atoms. The second kappa shape index (κ2) is 9.91. The normalized spacial score (nSPS) is 10.8. The van der Waals surface area contributed by atoms with Crippen molar-refractivity contribution < 1.29 is 5.11 Å². The van der Waals surface area contributed by atoms with E-state index in [1.807, 2.05) is 42.5 Å². The van der Waals surface area contributed by atoms with Crippen LogP contribution in [0.4, 0.5) is 23.5 Å². The van der Waals surface area contributed by atoms with Gasteiger partial charge in [0.15, 0.2) is 0 Å². The zero-order valence-corrected chi connectivity index (χ0v) is 18.3. The Morgan fingerprint density at radius 3 is 2.47 bits per heavy atom. The Morgan fingerprint density at radius 1 is 0.906 bits per heavy atom. The first kappa shape index (κ1) is 21.3. The summed E-state index contributed by atoms with van der Waals surface area (Å²) in [6.45, 7) is 6.42.